The summed E-state index contributed by atoms with van der Waals surface area (Å²) in [6.45, 7) is 2.35. The molecule has 1 N–H and O–H groups in total. The molecular weight excluding hydrogens is 366 g/mol. The summed E-state index contributed by atoms with van der Waals surface area (Å²) < 4.78 is 12.0. The zero-order valence-corrected chi connectivity index (χ0v) is 16.1. The molecule has 1 aliphatic heterocycles. The summed E-state index contributed by atoms with van der Waals surface area (Å²) >= 11 is 8.01. The number of ether oxygens (including phenoxy) is 2. The first-order valence-corrected chi connectivity index (χ1v) is 9.88. The van der Waals surface area contributed by atoms with Gasteiger partial charge >= 0.3 is 0 Å². The summed E-state index contributed by atoms with van der Waals surface area (Å²) in [6.07, 6.45) is 1.01. The van der Waals surface area contributed by atoms with E-state index in [-0.39, 0.29) is 0 Å². The first-order valence-electron chi connectivity index (χ1n) is 8.68. The van der Waals surface area contributed by atoms with E-state index in [2.05, 4.69) is 17.4 Å². The highest BCUT2D eigenvalue weighted by Crippen LogP contribution is 2.50. The number of rotatable bonds is 6. The zero-order chi connectivity index (χ0) is 17.9. The molecule has 0 radical (unpaired) electrons. The Bertz CT molecular complexity index is 922. The van der Waals surface area contributed by atoms with E-state index in [4.69, 9.17) is 21.1 Å². The van der Waals surface area contributed by atoms with Crippen molar-refractivity contribution in [1.82, 2.24) is 5.32 Å². The second-order valence-electron chi connectivity index (χ2n) is 6.20. The number of halogens is 1. The number of nitrogens with one attached hydrogen (secondary N) is 1. The van der Waals surface area contributed by atoms with Crippen molar-refractivity contribution in [3.63, 3.8) is 0 Å². The third-order valence-electron chi connectivity index (χ3n) is 4.33. The lowest BCUT2D eigenvalue weighted by Gasteiger charge is -2.09. The highest BCUT2D eigenvalue weighted by Gasteiger charge is 2.23. The molecule has 0 atom stereocenters. The SMILES string of the molecule is CNCCCOCc1cc2c(s1)-c1cc(Cl)ccc1Oc1ccccc1-2. The normalized spacial score (nSPS) is 11.9. The van der Waals surface area contributed by atoms with Crippen LogP contribution in [0.25, 0.3) is 21.6 Å². The monoisotopic (exact) mass is 385 g/mol. The van der Waals surface area contributed by atoms with E-state index in [1.54, 1.807) is 11.3 Å². The molecule has 0 saturated carbocycles. The summed E-state index contributed by atoms with van der Waals surface area (Å²) in [4.78, 5) is 2.39. The van der Waals surface area contributed by atoms with Gasteiger partial charge in [0, 0.05) is 38.1 Å². The third kappa shape index (κ3) is 3.51. The van der Waals surface area contributed by atoms with Crippen molar-refractivity contribution in [3.8, 4) is 33.1 Å². The number of benzene rings is 2. The van der Waals surface area contributed by atoms with Crippen LogP contribution in [0.5, 0.6) is 11.5 Å². The Morgan fingerprint density at radius 1 is 1.04 bits per heavy atom. The highest BCUT2D eigenvalue weighted by atomic mass is 35.5. The molecule has 2 aromatic carbocycles. The smallest absolute Gasteiger partial charge is 0.136 e. The average molecular weight is 386 g/mol. The number of thiophene rings is 1. The van der Waals surface area contributed by atoms with Crippen molar-refractivity contribution in [2.45, 2.75) is 13.0 Å². The molecule has 1 aliphatic rings. The second-order valence-corrected chi connectivity index (χ2v) is 7.78. The fourth-order valence-electron chi connectivity index (χ4n) is 3.10. The molecule has 0 spiro atoms. The lowest BCUT2D eigenvalue weighted by molar-refractivity contribution is 0.121. The molecule has 3 nitrogen and oxygen atoms in total. The van der Waals surface area contributed by atoms with Crippen LogP contribution in [0.3, 0.4) is 0 Å². The minimum absolute atomic E-state index is 0.625. The molecule has 26 heavy (non-hydrogen) atoms. The molecule has 0 bridgehead atoms. The lowest BCUT2D eigenvalue weighted by atomic mass is 10.0. The number of para-hydroxylation sites is 1. The quantitative estimate of drug-likeness (QED) is 0.415. The Hall–Kier alpha value is -1.85. The van der Waals surface area contributed by atoms with E-state index >= 15 is 0 Å². The fourth-order valence-corrected chi connectivity index (χ4v) is 4.40. The van der Waals surface area contributed by atoms with Crippen LogP contribution in [-0.2, 0) is 11.3 Å². The standard InChI is InChI=1S/C21H20ClNO2S/c1-23-9-4-10-24-13-15-12-17-16-5-2-3-6-19(16)25-20-8-7-14(22)11-18(20)21(17)26-15/h2-3,5-8,11-12,23H,4,9-10,13H2,1H3. The van der Waals surface area contributed by atoms with Crippen LogP contribution >= 0.6 is 22.9 Å². The Morgan fingerprint density at radius 3 is 2.77 bits per heavy atom. The Labute approximate surface area is 162 Å². The van der Waals surface area contributed by atoms with Crippen molar-refractivity contribution >= 4 is 22.9 Å². The molecule has 5 heteroatoms. The van der Waals surface area contributed by atoms with Crippen LogP contribution in [0.4, 0.5) is 0 Å². The van der Waals surface area contributed by atoms with Gasteiger partial charge < -0.3 is 14.8 Å². The van der Waals surface area contributed by atoms with Gasteiger partial charge in [0.1, 0.15) is 11.5 Å². The van der Waals surface area contributed by atoms with Gasteiger partial charge in [-0.15, -0.1) is 11.3 Å². The highest BCUT2D eigenvalue weighted by molar-refractivity contribution is 7.16. The lowest BCUT2D eigenvalue weighted by Crippen LogP contribution is -2.10. The van der Waals surface area contributed by atoms with E-state index < -0.39 is 0 Å². The first-order chi connectivity index (χ1) is 12.8. The predicted octanol–water partition coefficient (Wildman–Crippen LogP) is 5.97. The van der Waals surface area contributed by atoms with Crippen LogP contribution < -0.4 is 10.1 Å². The summed E-state index contributed by atoms with van der Waals surface area (Å²) in [7, 11) is 1.96. The maximum atomic E-state index is 6.27. The van der Waals surface area contributed by atoms with Gasteiger partial charge in [-0.25, -0.2) is 0 Å². The van der Waals surface area contributed by atoms with Crippen LogP contribution in [0.1, 0.15) is 11.3 Å². The molecule has 0 saturated heterocycles. The van der Waals surface area contributed by atoms with E-state index in [0.717, 1.165) is 42.2 Å². The van der Waals surface area contributed by atoms with E-state index in [0.29, 0.717) is 11.6 Å². The molecule has 0 aliphatic carbocycles. The maximum absolute atomic E-state index is 6.27. The van der Waals surface area contributed by atoms with E-state index in [9.17, 15) is 0 Å². The molecule has 0 fully saturated rings. The minimum atomic E-state index is 0.625. The van der Waals surface area contributed by atoms with Crippen molar-refractivity contribution in [3.05, 3.63) is 58.4 Å². The van der Waals surface area contributed by atoms with Gasteiger partial charge in [-0.1, -0.05) is 29.8 Å². The second kappa shape index (κ2) is 7.80. The molecular formula is C21H20ClNO2S. The number of hydrogen-bond acceptors (Lipinski definition) is 4. The minimum Gasteiger partial charge on any atom is -0.456 e. The fraction of sp³-hybridized carbons (Fsp3) is 0.238. The topological polar surface area (TPSA) is 30.5 Å². The van der Waals surface area contributed by atoms with Gasteiger partial charge in [0.15, 0.2) is 0 Å². The molecule has 0 unspecified atom stereocenters. The van der Waals surface area contributed by atoms with Crippen LogP contribution in [0, 0.1) is 0 Å². The molecule has 0 amide bonds. The molecule has 4 rings (SSSR count). The van der Waals surface area contributed by atoms with Crippen LogP contribution in [0.2, 0.25) is 5.02 Å². The van der Waals surface area contributed by atoms with Gasteiger partial charge in [-0.3, -0.25) is 0 Å². The Balaban J connectivity index is 1.71. The van der Waals surface area contributed by atoms with E-state index in [1.807, 2.05) is 43.4 Å². The van der Waals surface area contributed by atoms with Gasteiger partial charge in [0.05, 0.1) is 6.61 Å². The largest absolute Gasteiger partial charge is 0.456 e. The third-order valence-corrected chi connectivity index (χ3v) is 5.70. The Kier molecular flexibility index (Phi) is 5.27. The van der Waals surface area contributed by atoms with Crippen LogP contribution in [-0.4, -0.2) is 20.2 Å². The van der Waals surface area contributed by atoms with Crippen molar-refractivity contribution in [1.29, 1.82) is 0 Å². The first kappa shape index (κ1) is 17.6. The van der Waals surface area contributed by atoms with Gasteiger partial charge in [0.25, 0.3) is 0 Å². The molecule has 2 heterocycles. The summed E-state index contributed by atoms with van der Waals surface area (Å²) in [5.41, 5.74) is 3.32. The molecule has 1 aromatic heterocycles. The number of fused-ring (bicyclic) bond motifs is 5. The Morgan fingerprint density at radius 2 is 1.88 bits per heavy atom. The van der Waals surface area contributed by atoms with Crippen LogP contribution in [0.15, 0.2) is 48.5 Å². The van der Waals surface area contributed by atoms with Crippen molar-refractivity contribution < 1.29 is 9.47 Å². The molecule has 3 aromatic rings. The van der Waals surface area contributed by atoms with Gasteiger partial charge in [0.2, 0.25) is 0 Å². The number of hydrogen-bond donors (Lipinski definition) is 1. The van der Waals surface area contributed by atoms with Crippen molar-refractivity contribution in [2.24, 2.45) is 0 Å². The summed E-state index contributed by atoms with van der Waals surface area (Å²) in [5.74, 6) is 1.71. The predicted molar refractivity (Wildman–Crippen MR) is 108 cm³/mol. The summed E-state index contributed by atoms with van der Waals surface area (Å²) in [5, 5.41) is 3.85. The van der Waals surface area contributed by atoms with Gasteiger partial charge in [-0.2, -0.15) is 0 Å². The summed E-state index contributed by atoms with van der Waals surface area (Å²) in [6, 6.07) is 16.2. The maximum Gasteiger partial charge on any atom is 0.136 e. The van der Waals surface area contributed by atoms with Gasteiger partial charge in [-0.05, 0) is 50.3 Å². The van der Waals surface area contributed by atoms with Crippen molar-refractivity contribution in [2.75, 3.05) is 20.2 Å². The average Bonchev–Trinajstić information content (AvgIpc) is 3.02. The molecule has 134 valence electrons. The zero-order valence-electron chi connectivity index (χ0n) is 14.5. The van der Waals surface area contributed by atoms with E-state index in [1.165, 1.54) is 15.3 Å².